The van der Waals surface area contributed by atoms with Crippen LogP contribution in [0.3, 0.4) is 0 Å². The number of piperidine rings is 2. The van der Waals surface area contributed by atoms with Crippen LogP contribution in [0.4, 0.5) is 9.59 Å². The molecule has 2 aromatic carbocycles. The van der Waals surface area contributed by atoms with Gasteiger partial charge in [-0.3, -0.25) is 0 Å². The number of carbonyl (C=O) groups is 2. The van der Waals surface area contributed by atoms with E-state index in [4.69, 9.17) is 18.9 Å². The van der Waals surface area contributed by atoms with Crippen molar-refractivity contribution in [3.63, 3.8) is 0 Å². The van der Waals surface area contributed by atoms with Crippen molar-refractivity contribution in [3.8, 4) is 0 Å². The largest absolute Gasteiger partial charge is 1.00 e. The molecule has 11 heteroatoms. The molecule has 10 aliphatic carbocycles. The number of amides is 2. The Balaban J connectivity index is 0.000000153. The first-order chi connectivity index (χ1) is 39.2. The van der Waals surface area contributed by atoms with Crippen molar-refractivity contribution in [3.05, 3.63) is 95.1 Å². The summed E-state index contributed by atoms with van der Waals surface area (Å²) in [6, 6.07) is 20.3. The number of rotatable bonds is 4. The number of hydrogen-bond acceptors (Lipinski definition) is 8. The van der Waals surface area contributed by atoms with Crippen molar-refractivity contribution in [2.45, 2.75) is 233 Å². The van der Waals surface area contributed by atoms with Gasteiger partial charge in [-0.25, -0.2) is 9.59 Å². The third-order valence-electron chi connectivity index (χ3n) is 28.9. The summed E-state index contributed by atoms with van der Waals surface area (Å²) in [5.41, 5.74) is 7.03. The zero-order valence-corrected chi connectivity index (χ0v) is 55.0. The Bertz CT molecular complexity index is 2730. The van der Waals surface area contributed by atoms with E-state index in [2.05, 4.69) is 84.3 Å². The van der Waals surface area contributed by atoms with E-state index < -0.39 is 0 Å². The Kier molecular flexibility index (Phi) is 15.0. The van der Waals surface area contributed by atoms with Gasteiger partial charge in [0.1, 0.15) is 13.2 Å². The molecule has 452 valence electrons. The van der Waals surface area contributed by atoms with E-state index in [-0.39, 0.29) is 105 Å². The first-order valence-electron chi connectivity index (χ1n) is 33.6. The van der Waals surface area contributed by atoms with Crippen molar-refractivity contribution in [2.75, 3.05) is 13.1 Å². The fraction of sp³-hybridized carbons (Fsp3) is 0.753. The van der Waals surface area contributed by atoms with Crippen LogP contribution in [0.2, 0.25) is 0 Å². The topological polar surface area (TPSA) is 128 Å². The number of carbonyl (C=O) groups excluding carboxylic acids is 2. The van der Waals surface area contributed by atoms with Crippen molar-refractivity contribution >= 4 is 12.2 Å². The van der Waals surface area contributed by atoms with Gasteiger partial charge in [0.05, 0.1) is 41.6 Å². The minimum Gasteiger partial charge on any atom is -0.870 e. The van der Waals surface area contributed by atoms with Crippen LogP contribution in [0.1, 0.15) is 189 Å². The molecule has 12 fully saturated rings. The molecule has 84 heavy (non-hydrogen) atoms. The van der Waals surface area contributed by atoms with E-state index in [0.29, 0.717) is 53.1 Å². The summed E-state index contributed by atoms with van der Waals surface area (Å²) in [6.07, 6.45) is 26.9. The monoisotopic (exact) mass is 1160 g/mol. The molecule has 0 bridgehead atoms. The van der Waals surface area contributed by atoms with Gasteiger partial charge in [0.2, 0.25) is 0 Å². The van der Waals surface area contributed by atoms with Crippen LogP contribution in [0.25, 0.3) is 0 Å². The summed E-state index contributed by atoms with van der Waals surface area (Å²) in [4.78, 5) is 31.4. The number of likely N-dealkylation sites (tertiary alicyclic amines) is 2. The number of hydrogen-bond donors (Lipinski definition) is 1. The maximum absolute atomic E-state index is 13.6. The molecule has 4 heterocycles. The average molecular weight is 1160 g/mol. The van der Waals surface area contributed by atoms with Crippen molar-refractivity contribution in [2.24, 2.45) is 97.6 Å². The zero-order chi connectivity index (χ0) is 56.7. The molecular formula is C73H101N2NaO8. The Hall–Kier alpha value is -2.70. The zero-order valence-electron chi connectivity index (χ0n) is 53.0. The molecule has 0 unspecified atom stereocenters. The van der Waals surface area contributed by atoms with Crippen LogP contribution in [-0.4, -0.2) is 87.3 Å². The molecule has 14 aliphatic rings. The molecule has 4 spiro atoms. The molecule has 2 amide bonds. The first-order valence-corrected chi connectivity index (χ1v) is 33.6. The summed E-state index contributed by atoms with van der Waals surface area (Å²) >= 11 is 0. The first kappa shape index (κ1) is 60.2. The number of aliphatic hydroxyl groups is 1. The Morgan fingerprint density at radius 2 is 1.00 bits per heavy atom. The van der Waals surface area contributed by atoms with Crippen LogP contribution >= 0.6 is 0 Å². The number of benzene rings is 2. The predicted octanol–water partition coefficient (Wildman–Crippen LogP) is 12.4. The molecule has 2 N–H and O–H groups in total. The number of nitrogens with zero attached hydrogens (tertiary/aromatic N) is 2. The summed E-state index contributed by atoms with van der Waals surface area (Å²) in [5, 5.41) is 10.5. The molecule has 16 rings (SSSR count). The average Bonchev–Trinajstić information content (AvgIpc) is 1.47. The number of fused-ring (bicyclic) bond motifs is 12. The molecular weight excluding hydrogens is 1060 g/mol. The smallest absolute Gasteiger partial charge is 0.870 e. The van der Waals surface area contributed by atoms with Crippen LogP contribution in [0.5, 0.6) is 0 Å². The Morgan fingerprint density at radius 1 is 0.571 bits per heavy atom. The molecule has 4 aliphatic heterocycles. The third kappa shape index (κ3) is 8.35. The van der Waals surface area contributed by atoms with Crippen molar-refractivity contribution < 1.29 is 68.7 Å². The molecule has 2 aromatic rings. The normalized spacial score (nSPS) is 49.9. The fourth-order valence-corrected chi connectivity index (χ4v) is 24.9. The SMILES string of the molecule is C[C@H]1CC[C@@]2(C)C(=CC[C@H]3[C@@H]4CC[C@]5(O[C@@H]6C[C@H](C)CN(C(=O)OCc7ccccc7)[C@H]6[C@H]5C)[C@]5(C)C[C@]45C[C@@H]32)C1.C[C@H]1C[C@H]2O[C@]3(CC[C@H]4[C@@H]5CC=C6C[C@@H](O)CC[C@]6(C)[C@H]5C[C@@]45C[C@]53C)[C@H](C)[C@@H]2N(C(=O)OCc2ccccc2)C1.[Na+].[OH-]. The van der Waals surface area contributed by atoms with Crippen molar-refractivity contribution in [1.29, 1.82) is 0 Å². The summed E-state index contributed by atoms with van der Waals surface area (Å²) < 4.78 is 26.7. The van der Waals surface area contributed by atoms with Gasteiger partial charge in [-0.2, -0.15) is 0 Å². The van der Waals surface area contributed by atoms with Gasteiger partial charge in [-0.05, 0) is 202 Å². The standard InChI is InChI=1S/C37H51NO3.C36H49NO4.Na.H2O/c1-23-13-15-34(4)27(17-23)11-12-28-29-14-16-37(35(5)22-36(29,35)19-30(28)34)25(3)32-31(41-37)18-24(2)20-38(32)33(39)40-21-26-9-7-6-8-10-26;1-22-16-30-31(37(19-22)32(39)40-20-24-8-6-5-7-9-24)23(2)36(41-30)15-13-28-27-11-10-25-17-26(38)12-14-33(25,3)29(27)18-35(28)21-34(35,36)4;;/h6-11,23-25,28-32H,12-22H2,1-5H3;5-10,22-23,26-31,38H,11-21H2,1-4H3;;1H2/q;;+1;/p-1/t23-,24-,25+,28-,29-,30-,31+,32-,34-,35+,36+,37+;22-,23+,26-,27-,28-,29-,30+,31-,33-,34+,35+,36+;;/m00../s1. The van der Waals surface area contributed by atoms with Crippen molar-refractivity contribution in [1.82, 2.24) is 9.80 Å². The third-order valence-corrected chi connectivity index (χ3v) is 28.9. The summed E-state index contributed by atoms with van der Waals surface area (Å²) in [7, 11) is 0. The number of aliphatic hydroxyl groups excluding tert-OH is 1. The van der Waals surface area contributed by atoms with Crippen LogP contribution in [-0.2, 0) is 32.2 Å². The number of allylic oxidation sites excluding steroid dienone is 3. The Labute approximate surface area is 525 Å². The fourth-order valence-electron chi connectivity index (χ4n) is 24.9. The second-order valence-corrected chi connectivity index (χ2v) is 32.3. The van der Waals surface area contributed by atoms with Gasteiger partial charge in [-0.1, -0.05) is 146 Å². The van der Waals surface area contributed by atoms with E-state index in [1.54, 1.807) is 11.1 Å². The minimum absolute atomic E-state index is 0. The summed E-state index contributed by atoms with van der Waals surface area (Å²) in [6.45, 7) is 24.4. The molecule has 8 saturated carbocycles. The second kappa shape index (κ2) is 20.9. The van der Waals surface area contributed by atoms with E-state index in [1.807, 2.05) is 60.7 Å². The second-order valence-electron chi connectivity index (χ2n) is 32.3. The Morgan fingerprint density at radius 3 is 1.45 bits per heavy atom. The van der Waals surface area contributed by atoms with E-state index in [0.717, 1.165) is 104 Å². The van der Waals surface area contributed by atoms with Gasteiger partial charge >= 0.3 is 41.7 Å². The molecule has 4 saturated heterocycles. The molecule has 10 nitrogen and oxygen atoms in total. The molecule has 24 atom stereocenters. The van der Waals surface area contributed by atoms with E-state index in [9.17, 15) is 14.7 Å². The number of ether oxygens (including phenoxy) is 4. The van der Waals surface area contributed by atoms with Gasteiger partial charge in [0, 0.05) is 35.8 Å². The molecule has 0 radical (unpaired) electrons. The molecule has 0 aromatic heterocycles. The van der Waals surface area contributed by atoms with Gasteiger partial charge < -0.3 is 39.3 Å². The minimum atomic E-state index is -0.176. The maximum Gasteiger partial charge on any atom is 1.00 e. The van der Waals surface area contributed by atoms with Gasteiger partial charge in [0.25, 0.3) is 0 Å². The predicted molar refractivity (Wildman–Crippen MR) is 321 cm³/mol. The van der Waals surface area contributed by atoms with Gasteiger partial charge in [-0.15, -0.1) is 0 Å². The van der Waals surface area contributed by atoms with Gasteiger partial charge in [0.15, 0.2) is 0 Å². The van der Waals surface area contributed by atoms with Crippen LogP contribution in [0.15, 0.2) is 84.0 Å². The van der Waals surface area contributed by atoms with E-state index in [1.165, 1.54) is 77.0 Å². The maximum atomic E-state index is 13.6. The van der Waals surface area contributed by atoms with Crippen LogP contribution < -0.4 is 29.6 Å². The quantitative estimate of drug-likeness (QED) is 0.237. The van der Waals surface area contributed by atoms with E-state index >= 15 is 0 Å². The summed E-state index contributed by atoms with van der Waals surface area (Å²) in [5.74, 6) is 7.16. The van der Waals surface area contributed by atoms with Crippen LogP contribution in [0, 0.1) is 97.6 Å².